The lowest BCUT2D eigenvalue weighted by atomic mass is 10.0. The Bertz CT molecular complexity index is 1650. The van der Waals surface area contributed by atoms with E-state index in [4.69, 9.17) is 0 Å². The SMILES string of the molecule is CC(=O)Nc1ccc(-c2cc3cc(NC(=O)[C@@H]4CCCN4C(=O)[C@@H](c4ccccc4)N(C(=O)O)C(C)C)ccc3[nH]2)cc1. The van der Waals surface area contributed by atoms with Crippen molar-refractivity contribution in [3.8, 4) is 11.3 Å². The van der Waals surface area contributed by atoms with Crippen LogP contribution in [-0.2, 0) is 14.4 Å². The summed E-state index contributed by atoms with van der Waals surface area (Å²) in [5.74, 6) is -0.852. The van der Waals surface area contributed by atoms with Gasteiger partial charge in [-0.05, 0) is 74.2 Å². The maximum atomic E-state index is 14.0. The summed E-state index contributed by atoms with van der Waals surface area (Å²) >= 11 is 0. The molecule has 0 unspecified atom stereocenters. The molecule has 0 saturated carbocycles. The zero-order chi connectivity index (χ0) is 30.7. The first-order chi connectivity index (χ1) is 20.6. The van der Waals surface area contributed by atoms with E-state index < -0.39 is 30.1 Å². The minimum Gasteiger partial charge on any atom is -0.465 e. The number of hydrogen-bond donors (Lipinski definition) is 4. The van der Waals surface area contributed by atoms with Crippen LogP contribution in [0.4, 0.5) is 16.2 Å². The molecule has 0 spiro atoms. The maximum absolute atomic E-state index is 14.0. The number of nitrogens with one attached hydrogen (secondary N) is 3. The van der Waals surface area contributed by atoms with Crippen LogP contribution in [0, 0.1) is 0 Å². The Kier molecular flexibility index (Phi) is 8.47. The third-order valence-electron chi connectivity index (χ3n) is 7.65. The van der Waals surface area contributed by atoms with E-state index in [1.807, 2.05) is 48.5 Å². The molecule has 10 heteroatoms. The Morgan fingerprint density at radius 3 is 2.28 bits per heavy atom. The molecule has 1 aliphatic heterocycles. The smallest absolute Gasteiger partial charge is 0.408 e. The average Bonchev–Trinajstić information content (AvgIpc) is 3.63. The standard InChI is InChI=1S/C33H35N5O5/c1-20(2)38(33(42)43)30(23-8-5-4-6-9-23)32(41)37-17-7-10-29(37)31(40)35-26-15-16-27-24(18-26)19-28(36-27)22-11-13-25(14-12-22)34-21(3)39/h4-6,8-9,11-16,18-20,29-30,36H,7,10,17H2,1-3H3,(H,34,39)(H,35,40)(H,42,43)/t29-,30+/m0/s1. The van der Waals surface area contributed by atoms with Crippen molar-refractivity contribution in [3.05, 3.63) is 84.4 Å². The summed E-state index contributed by atoms with van der Waals surface area (Å²) in [7, 11) is 0. The molecule has 43 heavy (non-hydrogen) atoms. The van der Waals surface area contributed by atoms with E-state index in [0.717, 1.165) is 27.1 Å². The predicted octanol–water partition coefficient (Wildman–Crippen LogP) is 5.85. The number of aromatic nitrogens is 1. The number of benzene rings is 3. The minimum atomic E-state index is -1.19. The number of anilines is 2. The molecule has 1 aromatic heterocycles. The van der Waals surface area contributed by atoms with Gasteiger partial charge in [0.05, 0.1) is 0 Å². The molecular formula is C33H35N5O5. The summed E-state index contributed by atoms with van der Waals surface area (Å²) < 4.78 is 0. The lowest BCUT2D eigenvalue weighted by Gasteiger charge is -2.36. The monoisotopic (exact) mass is 581 g/mol. The van der Waals surface area contributed by atoms with Gasteiger partial charge in [-0.1, -0.05) is 42.5 Å². The second kappa shape index (κ2) is 12.4. The number of rotatable bonds is 8. The summed E-state index contributed by atoms with van der Waals surface area (Å²) in [5.41, 5.74) is 4.60. The highest BCUT2D eigenvalue weighted by Crippen LogP contribution is 2.31. The van der Waals surface area contributed by atoms with Gasteiger partial charge in [-0.25, -0.2) is 4.79 Å². The van der Waals surface area contributed by atoms with E-state index in [0.29, 0.717) is 36.3 Å². The molecular weight excluding hydrogens is 546 g/mol. The normalized spacial score (nSPS) is 15.3. The van der Waals surface area contributed by atoms with E-state index in [1.54, 1.807) is 44.2 Å². The summed E-state index contributed by atoms with van der Waals surface area (Å²) in [4.78, 5) is 57.1. The zero-order valence-corrected chi connectivity index (χ0v) is 24.3. The fourth-order valence-corrected chi connectivity index (χ4v) is 5.67. The van der Waals surface area contributed by atoms with Crippen molar-refractivity contribution >= 4 is 46.1 Å². The molecule has 1 fully saturated rings. The average molecular weight is 582 g/mol. The highest BCUT2D eigenvalue weighted by atomic mass is 16.4. The zero-order valence-electron chi connectivity index (χ0n) is 24.3. The van der Waals surface area contributed by atoms with Gasteiger partial charge in [-0.3, -0.25) is 19.3 Å². The van der Waals surface area contributed by atoms with Crippen LogP contribution in [-0.4, -0.2) is 62.3 Å². The Hall–Kier alpha value is -5.12. The molecule has 222 valence electrons. The number of carbonyl (C=O) groups excluding carboxylic acids is 3. The fraction of sp³-hybridized carbons (Fsp3) is 0.273. The third-order valence-corrected chi connectivity index (χ3v) is 7.65. The van der Waals surface area contributed by atoms with Crippen molar-refractivity contribution in [1.29, 1.82) is 0 Å². The van der Waals surface area contributed by atoms with E-state index >= 15 is 0 Å². The maximum Gasteiger partial charge on any atom is 0.408 e. The molecule has 0 bridgehead atoms. The molecule has 2 heterocycles. The number of aromatic amines is 1. The first kappa shape index (κ1) is 29.4. The number of carboxylic acid groups (broad SMARTS) is 1. The van der Waals surface area contributed by atoms with Gasteiger partial charge in [0, 0.05) is 47.5 Å². The third kappa shape index (κ3) is 6.38. The number of carbonyl (C=O) groups is 4. The lowest BCUT2D eigenvalue weighted by molar-refractivity contribution is -0.141. The van der Waals surface area contributed by atoms with Crippen LogP contribution in [0.15, 0.2) is 78.9 Å². The van der Waals surface area contributed by atoms with Gasteiger partial charge in [-0.2, -0.15) is 0 Å². The van der Waals surface area contributed by atoms with Crippen molar-refractivity contribution in [2.24, 2.45) is 0 Å². The fourth-order valence-electron chi connectivity index (χ4n) is 5.67. The molecule has 4 N–H and O–H groups in total. The van der Waals surface area contributed by atoms with Crippen molar-refractivity contribution in [1.82, 2.24) is 14.8 Å². The van der Waals surface area contributed by atoms with Crippen LogP contribution in [0.2, 0.25) is 0 Å². The first-order valence-corrected chi connectivity index (χ1v) is 14.3. The molecule has 2 atom stereocenters. The number of nitrogens with zero attached hydrogens (tertiary/aromatic N) is 2. The Morgan fingerprint density at radius 1 is 0.930 bits per heavy atom. The summed E-state index contributed by atoms with van der Waals surface area (Å²) in [6, 6.07) is 21.7. The second-order valence-electron chi connectivity index (χ2n) is 11.0. The van der Waals surface area contributed by atoms with Gasteiger partial charge in [0.2, 0.25) is 11.8 Å². The molecule has 5 rings (SSSR count). The summed E-state index contributed by atoms with van der Waals surface area (Å²) in [6.07, 6.45) is -0.0693. The highest BCUT2D eigenvalue weighted by Gasteiger charge is 2.42. The molecule has 3 aromatic carbocycles. The van der Waals surface area contributed by atoms with Gasteiger partial charge in [0.1, 0.15) is 12.1 Å². The number of amides is 4. The Morgan fingerprint density at radius 2 is 1.63 bits per heavy atom. The summed E-state index contributed by atoms with van der Waals surface area (Å²) in [6.45, 7) is 5.29. The van der Waals surface area contributed by atoms with Crippen LogP contribution < -0.4 is 10.6 Å². The Balaban J connectivity index is 1.34. The molecule has 0 aliphatic carbocycles. The van der Waals surface area contributed by atoms with Crippen LogP contribution >= 0.6 is 0 Å². The summed E-state index contributed by atoms with van der Waals surface area (Å²) in [5, 5.41) is 16.6. The minimum absolute atomic E-state index is 0.133. The van der Waals surface area contributed by atoms with Gasteiger partial charge in [0.25, 0.3) is 5.91 Å². The van der Waals surface area contributed by atoms with E-state index in [-0.39, 0.29) is 11.8 Å². The van der Waals surface area contributed by atoms with Gasteiger partial charge in [0.15, 0.2) is 0 Å². The predicted molar refractivity (Wildman–Crippen MR) is 166 cm³/mol. The number of likely N-dealkylation sites (tertiary alicyclic amines) is 1. The molecule has 10 nitrogen and oxygen atoms in total. The van der Waals surface area contributed by atoms with E-state index in [9.17, 15) is 24.3 Å². The van der Waals surface area contributed by atoms with Crippen molar-refractivity contribution in [2.75, 3.05) is 17.2 Å². The lowest BCUT2D eigenvalue weighted by Crippen LogP contribution is -2.51. The van der Waals surface area contributed by atoms with Gasteiger partial charge in [-0.15, -0.1) is 0 Å². The van der Waals surface area contributed by atoms with Crippen molar-refractivity contribution in [2.45, 2.75) is 51.7 Å². The van der Waals surface area contributed by atoms with Crippen molar-refractivity contribution < 1.29 is 24.3 Å². The molecule has 4 aromatic rings. The van der Waals surface area contributed by atoms with Crippen LogP contribution in [0.1, 0.15) is 45.2 Å². The van der Waals surface area contributed by atoms with Crippen molar-refractivity contribution in [3.63, 3.8) is 0 Å². The molecule has 1 aliphatic rings. The highest BCUT2D eigenvalue weighted by molar-refractivity contribution is 6.00. The van der Waals surface area contributed by atoms with E-state index in [2.05, 4.69) is 15.6 Å². The van der Waals surface area contributed by atoms with Gasteiger partial charge < -0.3 is 25.6 Å². The topological polar surface area (TPSA) is 135 Å². The van der Waals surface area contributed by atoms with Gasteiger partial charge >= 0.3 is 6.09 Å². The van der Waals surface area contributed by atoms with E-state index in [1.165, 1.54) is 11.8 Å². The first-order valence-electron chi connectivity index (χ1n) is 14.3. The van der Waals surface area contributed by atoms with Crippen LogP contribution in [0.25, 0.3) is 22.2 Å². The number of hydrogen-bond acceptors (Lipinski definition) is 4. The molecule has 1 saturated heterocycles. The molecule has 0 radical (unpaired) electrons. The molecule has 4 amide bonds. The number of H-pyrrole nitrogens is 1. The number of fused-ring (bicyclic) bond motifs is 1. The quantitative estimate of drug-likeness (QED) is 0.207. The second-order valence-corrected chi connectivity index (χ2v) is 11.0. The Labute approximate surface area is 249 Å². The van der Waals surface area contributed by atoms with Crippen LogP contribution in [0.5, 0.6) is 0 Å². The van der Waals surface area contributed by atoms with Crippen LogP contribution in [0.3, 0.4) is 0 Å². The largest absolute Gasteiger partial charge is 0.465 e.